The Balaban J connectivity index is 2.89. The molecule has 0 heterocycles. The van der Waals surface area contributed by atoms with Gasteiger partial charge in [0.2, 0.25) is 0 Å². The van der Waals surface area contributed by atoms with Crippen molar-refractivity contribution in [3.8, 4) is 0 Å². The van der Waals surface area contributed by atoms with Crippen molar-refractivity contribution in [2.24, 2.45) is 0 Å². The lowest BCUT2D eigenvalue weighted by molar-refractivity contribution is -0.131. The van der Waals surface area contributed by atoms with Crippen LogP contribution in [0.1, 0.15) is 5.56 Å². The minimum Gasteiger partial charge on any atom is -0.477 e. The van der Waals surface area contributed by atoms with Gasteiger partial charge in [-0.25, -0.2) is 4.79 Å². The van der Waals surface area contributed by atoms with Crippen LogP contribution >= 0.6 is 11.6 Å². The Morgan fingerprint density at radius 2 is 1.92 bits per heavy atom. The molecular formula is C9H7ClO2. The third-order valence-electron chi connectivity index (χ3n) is 1.30. The second kappa shape index (κ2) is 3.93. The van der Waals surface area contributed by atoms with Gasteiger partial charge in [0.05, 0.1) is 0 Å². The lowest BCUT2D eigenvalue weighted by Crippen LogP contribution is -1.92. The zero-order valence-electron chi connectivity index (χ0n) is 6.20. The van der Waals surface area contributed by atoms with Gasteiger partial charge in [-0.1, -0.05) is 41.9 Å². The second-order valence-electron chi connectivity index (χ2n) is 2.21. The molecule has 0 aliphatic carbocycles. The van der Waals surface area contributed by atoms with Crippen molar-refractivity contribution in [3.05, 3.63) is 40.9 Å². The topological polar surface area (TPSA) is 37.3 Å². The van der Waals surface area contributed by atoms with Gasteiger partial charge in [-0.05, 0) is 11.6 Å². The molecule has 0 saturated carbocycles. The van der Waals surface area contributed by atoms with E-state index in [9.17, 15) is 4.79 Å². The third kappa shape index (κ3) is 2.40. The predicted molar refractivity (Wildman–Crippen MR) is 47.9 cm³/mol. The van der Waals surface area contributed by atoms with Gasteiger partial charge in [0.25, 0.3) is 0 Å². The lowest BCUT2D eigenvalue weighted by atomic mass is 10.2. The summed E-state index contributed by atoms with van der Waals surface area (Å²) < 4.78 is 0. The number of hydrogen-bond donors (Lipinski definition) is 1. The molecule has 0 aliphatic rings. The number of benzene rings is 1. The quantitative estimate of drug-likeness (QED) is 0.713. The van der Waals surface area contributed by atoms with Gasteiger partial charge in [0.15, 0.2) is 0 Å². The summed E-state index contributed by atoms with van der Waals surface area (Å²) in [6.45, 7) is 0. The van der Waals surface area contributed by atoms with Gasteiger partial charge >= 0.3 is 5.97 Å². The highest BCUT2D eigenvalue weighted by Crippen LogP contribution is 2.09. The molecule has 3 heteroatoms. The van der Waals surface area contributed by atoms with Crippen molar-refractivity contribution < 1.29 is 9.90 Å². The first-order chi connectivity index (χ1) is 5.70. The van der Waals surface area contributed by atoms with E-state index in [4.69, 9.17) is 16.7 Å². The van der Waals surface area contributed by atoms with E-state index < -0.39 is 5.97 Å². The highest BCUT2D eigenvalue weighted by Gasteiger charge is 2.01. The summed E-state index contributed by atoms with van der Waals surface area (Å²) in [4.78, 5) is 10.3. The predicted octanol–water partition coefficient (Wildman–Crippen LogP) is 2.35. The summed E-state index contributed by atoms with van der Waals surface area (Å²) in [7, 11) is 0. The van der Waals surface area contributed by atoms with Crippen LogP contribution in [0.3, 0.4) is 0 Å². The number of aliphatic carboxylic acids is 1. The van der Waals surface area contributed by atoms with Gasteiger partial charge in [0.1, 0.15) is 5.03 Å². The standard InChI is InChI=1S/C9H7ClO2/c10-8(9(11)12)6-7-4-2-1-3-5-7/h1-6H,(H,11,12). The lowest BCUT2D eigenvalue weighted by Gasteiger charge is -1.91. The average Bonchev–Trinajstić information content (AvgIpc) is 2.06. The average molecular weight is 183 g/mol. The van der Waals surface area contributed by atoms with Gasteiger partial charge < -0.3 is 5.11 Å². The Bertz CT molecular complexity index is 304. The molecule has 2 nitrogen and oxygen atoms in total. The highest BCUT2D eigenvalue weighted by atomic mass is 35.5. The van der Waals surface area contributed by atoms with Gasteiger partial charge in [0, 0.05) is 0 Å². The largest absolute Gasteiger partial charge is 0.477 e. The zero-order valence-corrected chi connectivity index (χ0v) is 6.95. The van der Waals surface area contributed by atoms with Crippen molar-refractivity contribution >= 4 is 23.6 Å². The molecule has 0 amide bonds. The Morgan fingerprint density at radius 1 is 1.33 bits per heavy atom. The number of carboxylic acids is 1. The monoisotopic (exact) mass is 182 g/mol. The maximum Gasteiger partial charge on any atom is 0.347 e. The number of halogens is 1. The van der Waals surface area contributed by atoms with E-state index >= 15 is 0 Å². The molecule has 1 rings (SSSR count). The second-order valence-corrected chi connectivity index (χ2v) is 2.62. The first-order valence-electron chi connectivity index (χ1n) is 3.35. The molecule has 0 aliphatic heterocycles. The highest BCUT2D eigenvalue weighted by molar-refractivity contribution is 6.42. The van der Waals surface area contributed by atoms with Gasteiger partial charge in [-0.15, -0.1) is 0 Å². The third-order valence-corrected chi connectivity index (χ3v) is 1.57. The van der Waals surface area contributed by atoms with E-state index in [1.54, 1.807) is 12.1 Å². The zero-order chi connectivity index (χ0) is 8.97. The van der Waals surface area contributed by atoms with Crippen LogP contribution in [0.5, 0.6) is 0 Å². The molecule has 0 atom stereocenters. The van der Waals surface area contributed by atoms with Crippen molar-refractivity contribution in [2.45, 2.75) is 0 Å². The molecule has 0 radical (unpaired) electrons. The fourth-order valence-electron chi connectivity index (χ4n) is 0.757. The molecule has 0 bridgehead atoms. The summed E-state index contributed by atoms with van der Waals surface area (Å²) in [6, 6.07) is 9.05. The maximum atomic E-state index is 10.3. The van der Waals surface area contributed by atoms with E-state index in [0.717, 1.165) is 5.56 Å². The maximum absolute atomic E-state index is 10.3. The van der Waals surface area contributed by atoms with Crippen LogP contribution in [0.4, 0.5) is 0 Å². The van der Waals surface area contributed by atoms with E-state index in [1.807, 2.05) is 18.2 Å². The molecule has 0 spiro atoms. The molecule has 0 unspecified atom stereocenters. The van der Waals surface area contributed by atoms with Crippen LogP contribution < -0.4 is 0 Å². The fourth-order valence-corrected chi connectivity index (χ4v) is 0.883. The fraction of sp³-hybridized carbons (Fsp3) is 0. The van der Waals surface area contributed by atoms with Crippen molar-refractivity contribution in [1.82, 2.24) is 0 Å². The van der Waals surface area contributed by atoms with Gasteiger partial charge in [-0.2, -0.15) is 0 Å². The molecular weight excluding hydrogens is 176 g/mol. The number of carboxylic acid groups (broad SMARTS) is 1. The van der Waals surface area contributed by atoms with Crippen molar-refractivity contribution in [1.29, 1.82) is 0 Å². The minimum absolute atomic E-state index is 0.179. The summed E-state index contributed by atoms with van der Waals surface area (Å²) in [5, 5.41) is 8.26. The van der Waals surface area contributed by atoms with Gasteiger partial charge in [-0.3, -0.25) is 0 Å². The first-order valence-corrected chi connectivity index (χ1v) is 3.73. The van der Waals surface area contributed by atoms with Crippen LogP contribution in [0.2, 0.25) is 0 Å². The van der Waals surface area contributed by atoms with E-state index in [-0.39, 0.29) is 5.03 Å². The Hall–Kier alpha value is -1.28. The summed E-state index contributed by atoms with van der Waals surface area (Å²) in [5.74, 6) is -1.11. The Morgan fingerprint density at radius 3 is 2.42 bits per heavy atom. The molecule has 12 heavy (non-hydrogen) atoms. The van der Waals surface area contributed by atoms with Crippen molar-refractivity contribution in [2.75, 3.05) is 0 Å². The summed E-state index contributed by atoms with van der Waals surface area (Å²) in [5.41, 5.74) is 0.782. The smallest absolute Gasteiger partial charge is 0.347 e. The molecule has 0 fully saturated rings. The molecule has 0 saturated heterocycles. The Labute approximate surface area is 75.1 Å². The number of hydrogen-bond acceptors (Lipinski definition) is 1. The Kier molecular flexibility index (Phi) is 2.88. The SMILES string of the molecule is O=C(O)C(Cl)=Cc1ccccc1. The molecule has 1 N–H and O–H groups in total. The first kappa shape index (κ1) is 8.81. The minimum atomic E-state index is -1.11. The normalized spacial score (nSPS) is 11.2. The summed E-state index contributed by atoms with van der Waals surface area (Å²) >= 11 is 5.41. The van der Waals surface area contributed by atoms with Crippen LogP contribution in [0.15, 0.2) is 35.4 Å². The molecule has 0 aromatic heterocycles. The molecule has 1 aromatic rings. The van der Waals surface area contributed by atoms with Crippen LogP contribution in [0.25, 0.3) is 6.08 Å². The van der Waals surface area contributed by atoms with E-state index in [2.05, 4.69) is 0 Å². The van der Waals surface area contributed by atoms with Crippen LogP contribution in [-0.4, -0.2) is 11.1 Å². The number of rotatable bonds is 2. The summed E-state index contributed by atoms with van der Waals surface area (Å²) in [6.07, 6.45) is 1.41. The van der Waals surface area contributed by atoms with E-state index in [1.165, 1.54) is 6.08 Å². The van der Waals surface area contributed by atoms with E-state index in [0.29, 0.717) is 0 Å². The molecule has 1 aromatic carbocycles. The number of carbonyl (C=O) groups is 1. The molecule has 62 valence electrons. The van der Waals surface area contributed by atoms with Crippen LogP contribution in [-0.2, 0) is 4.79 Å². The van der Waals surface area contributed by atoms with Crippen LogP contribution in [0, 0.1) is 0 Å². The van der Waals surface area contributed by atoms with Crippen molar-refractivity contribution in [3.63, 3.8) is 0 Å².